The number of aryl methyl sites for hydroxylation is 1. The first-order valence-corrected chi connectivity index (χ1v) is 14.8. The highest BCUT2D eigenvalue weighted by Gasteiger charge is 2.45. The van der Waals surface area contributed by atoms with E-state index in [0.717, 1.165) is 24.2 Å². The molecule has 1 fully saturated rings. The normalized spacial score (nSPS) is 22.7. The second kappa shape index (κ2) is 14.0. The Morgan fingerprint density at radius 1 is 1.07 bits per heavy atom. The van der Waals surface area contributed by atoms with E-state index in [9.17, 15) is 24.7 Å². The number of benzene rings is 1. The summed E-state index contributed by atoms with van der Waals surface area (Å²) in [5, 5.41) is 44.2. The number of ether oxygens (including phenoxy) is 2. The van der Waals surface area contributed by atoms with Gasteiger partial charge in [0, 0.05) is 18.4 Å². The molecule has 0 bridgehead atoms. The molecule has 3 aromatic rings. The molecule has 0 unspecified atom stereocenters. The second-order valence-corrected chi connectivity index (χ2v) is 11.3. The lowest BCUT2D eigenvalue weighted by Gasteiger charge is -2.40. The lowest BCUT2D eigenvalue weighted by molar-refractivity contribution is -0.272. The summed E-state index contributed by atoms with van der Waals surface area (Å²) in [6, 6.07) is 9.45. The summed E-state index contributed by atoms with van der Waals surface area (Å²) in [6.07, 6.45) is -0.664. The van der Waals surface area contributed by atoms with Gasteiger partial charge in [-0.1, -0.05) is 5.21 Å². The summed E-state index contributed by atoms with van der Waals surface area (Å²) in [5.74, 6) is 0.234. The Hall–Kier alpha value is -3.43. The van der Waals surface area contributed by atoms with Crippen molar-refractivity contribution in [2.75, 3.05) is 18.0 Å². The Morgan fingerprint density at radius 3 is 2.56 bits per heavy atom. The summed E-state index contributed by atoms with van der Waals surface area (Å²) < 4.78 is 23.9. The molecule has 3 heterocycles. The van der Waals surface area contributed by atoms with Gasteiger partial charge in [0.2, 0.25) is 6.29 Å². The van der Waals surface area contributed by atoms with Crippen molar-refractivity contribution in [1.29, 1.82) is 0 Å². The summed E-state index contributed by atoms with van der Waals surface area (Å²) in [4.78, 5) is 34.5. The molecule has 41 heavy (non-hydrogen) atoms. The fourth-order valence-corrected chi connectivity index (χ4v) is 4.73. The van der Waals surface area contributed by atoms with Gasteiger partial charge >= 0.3 is 13.6 Å². The van der Waals surface area contributed by atoms with Crippen molar-refractivity contribution in [1.82, 2.24) is 25.3 Å². The zero-order chi connectivity index (χ0) is 29.4. The van der Waals surface area contributed by atoms with Gasteiger partial charge in [-0.05, 0) is 62.1 Å². The average Bonchev–Trinajstić information content (AvgIpc) is 3.42. The highest BCUT2D eigenvalue weighted by atomic mass is 31.2. The SMILES string of the molecule is O=C(NCCCCc1cn(-c2cccnc2)nn1)Nc1ccc(O[C@H]2O[C@H](CCP(=O)(O)O)[C@@H](O)[C@H](O)[C@@H]2O)cc1. The van der Waals surface area contributed by atoms with Crippen molar-refractivity contribution in [3.63, 3.8) is 0 Å². The molecule has 1 aliphatic rings. The Labute approximate surface area is 235 Å². The molecule has 1 aromatic carbocycles. The number of carbonyl (C=O) groups is 1. The third-order valence-corrected chi connectivity index (χ3v) is 7.18. The van der Waals surface area contributed by atoms with Crippen molar-refractivity contribution in [2.45, 2.75) is 56.4 Å². The third-order valence-electron chi connectivity index (χ3n) is 6.33. The van der Waals surface area contributed by atoms with Gasteiger partial charge < -0.3 is 45.2 Å². The van der Waals surface area contributed by atoms with E-state index in [0.29, 0.717) is 18.7 Å². The van der Waals surface area contributed by atoms with E-state index in [1.165, 1.54) is 12.1 Å². The number of pyridine rings is 1. The van der Waals surface area contributed by atoms with Crippen molar-refractivity contribution < 1.29 is 43.9 Å². The van der Waals surface area contributed by atoms with Gasteiger partial charge in [0.25, 0.3) is 0 Å². The number of urea groups is 1. The molecule has 0 spiro atoms. The van der Waals surface area contributed by atoms with Crippen LogP contribution in [-0.2, 0) is 15.7 Å². The summed E-state index contributed by atoms with van der Waals surface area (Å²) in [7, 11) is -4.35. The number of anilines is 1. The average molecular weight is 593 g/mol. The molecule has 1 aliphatic heterocycles. The van der Waals surface area contributed by atoms with Gasteiger partial charge in [-0.3, -0.25) is 9.55 Å². The van der Waals surface area contributed by atoms with Crippen LogP contribution in [0.5, 0.6) is 5.75 Å². The lowest BCUT2D eigenvalue weighted by Crippen LogP contribution is -2.59. The highest BCUT2D eigenvalue weighted by molar-refractivity contribution is 7.51. The van der Waals surface area contributed by atoms with Crippen LogP contribution in [0.25, 0.3) is 5.69 Å². The minimum atomic E-state index is -4.35. The number of rotatable bonds is 12. The lowest BCUT2D eigenvalue weighted by atomic mass is 9.97. The zero-order valence-electron chi connectivity index (χ0n) is 21.9. The van der Waals surface area contributed by atoms with Crippen LogP contribution in [0.4, 0.5) is 10.5 Å². The van der Waals surface area contributed by atoms with E-state index >= 15 is 0 Å². The first-order valence-electron chi connectivity index (χ1n) is 13.0. The van der Waals surface area contributed by atoms with Gasteiger partial charge in [0.05, 0.1) is 36.0 Å². The number of carbonyl (C=O) groups excluding carboxylic acids is 1. The Bertz CT molecular complexity index is 1310. The maximum atomic E-state index is 12.2. The first-order chi connectivity index (χ1) is 19.6. The van der Waals surface area contributed by atoms with Crippen LogP contribution in [-0.4, -0.2) is 94.5 Å². The Balaban J connectivity index is 1.17. The largest absolute Gasteiger partial charge is 0.462 e. The van der Waals surface area contributed by atoms with Gasteiger partial charge in [0.1, 0.15) is 24.1 Å². The minimum Gasteiger partial charge on any atom is -0.462 e. The predicted molar refractivity (Wildman–Crippen MR) is 144 cm³/mol. The number of hydrogen-bond donors (Lipinski definition) is 7. The molecule has 2 aromatic heterocycles. The van der Waals surface area contributed by atoms with Crippen molar-refractivity contribution >= 4 is 19.3 Å². The van der Waals surface area contributed by atoms with E-state index < -0.39 is 50.5 Å². The second-order valence-electron chi connectivity index (χ2n) is 9.54. The standard InChI is InChI=1S/C25H33N6O9P/c32-21-20(10-13-41(36,37)38)40-24(23(34)22(21)33)39-19-8-6-16(7-9-19)28-25(35)27-12-2-1-4-17-15-31(30-29-17)18-5-3-11-26-14-18/h3,5-9,11,14-15,20-24,32-34H,1-2,4,10,12-13H2,(H2,27,28,35)(H2,36,37,38)/t20-,21-,22+,23+,24+/m1/s1. The molecular formula is C25H33N6O9P. The third kappa shape index (κ3) is 9.03. The van der Waals surface area contributed by atoms with E-state index in [4.69, 9.17) is 19.3 Å². The molecular weight excluding hydrogens is 559 g/mol. The van der Waals surface area contributed by atoms with Gasteiger partial charge in [-0.2, -0.15) is 0 Å². The van der Waals surface area contributed by atoms with Crippen molar-refractivity contribution in [3.8, 4) is 11.4 Å². The smallest absolute Gasteiger partial charge is 0.325 e. The minimum absolute atomic E-state index is 0.234. The topological polar surface area (TPSA) is 221 Å². The fourth-order valence-electron chi connectivity index (χ4n) is 4.14. The zero-order valence-corrected chi connectivity index (χ0v) is 22.8. The van der Waals surface area contributed by atoms with Gasteiger partial charge in [-0.15, -0.1) is 5.10 Å². The molecule has 0 aliphatic carbocycles. The molecule has 4 rings (SSSR count). The van der Waals surface area contributed by atoms with Crippen LogP contribution >= 0.6 is 7.60 Å². The maximum absolute atomic E-state index is 12.2. The van der Waals surface area contributed by atoms with Crippen LogP contribution < -0.4 is 15.4 Å². The first kappa shape index (κ1) is 30.5. The van der Waals surface area contributed by atoms with Gasteiger partial charge in [-0.25, -0.2) is 9.48 Å². The van der Waals surface area contributed by atoms with Crippen LogP contribution in [0.15, 0.2) is 55.0 Å². The number of nitrogens with zero attached hydrogens (tertiary/aromatic N) is 4. The van der Waals surface area contributed by atoms with E-state index in [1.54, 1.807) is 29.2 Å². The number of nitrogens with one attached hydrogen (secondary N) is 2. The number of aliphatic hydroxyl groups is 3. The maximum Gasteiger partial charge on any atom is 0.325 e. The van der Waals surface area contributed by atoms with Crippen LogP contribution in [0, 0.1) is 0 Å². The Kier molecular flexibility index (Phi) is 10.4. The molecule has 16 heteroatoms. The molecule has 1 saturated heterocycles. The van der Waals surface area contributed by atoms with Crippen molar-refractivity contribution in [3.05, 3.63) is 60.7 Å². The Morgan fingerprint density at radius 2 is 1.85 bits per heavy atom. The highest BCUT2D eigenvalue weighted by Crippen LogP contribution is 2.37. The fraction of sp³-hybridized carbons (Fsp3) is 0.440. The molecule has 15 nitrogen and oxygen atoms in total. The molecule has 0 radical (unpaired) electrons. The summed E-state index contributed by atoms with van der Waals surface area (Å²) >= 11 is 0. The monoisotopic (exact) mass is 592 g/mol. The molecule has 0 saturated carbocycles. The molecule has 2 amide bonds. The number of hydrogen-bond acceptors (Lipinski definition) is 10. The summed E-state index contributed by atoms with van der Waals surface area (Å²) in [6.45, 7) is 0.456. The predicted octanol–water partition coefficient (Wildman–Crippen LogP) is 0.561. The quantitative estimate of drug-likeness (QED) is 0.113. The summed E-state index contributed by atoms with van der Waals surface area (Å²) in [5.41, 5.74) is 2.14. The number of amides is 2. The van der Waals surface area contributed by atoms with Crippen molar-refractivity contribution in [2.24, 2.45) is 0 Å². The molecule has 7 N–H and O–H groups in total. The van der Waals surface area contributed by atoms with E-state index in [2.05, 4.69) is 25.9 Å². The number of unbranched alkanes of at least 4 members (excludes halogenated alkanes) is 1. The molecule has 222 valence electrons. The van der Waals surface area contributed by atoms with E-state index in [1.807, 2.05) is 18.3 Å². The number of aliphatic hydroxyl groups excluding tert-OH is 3. The van der Waals surface area contributed by atoms with Gasteiger partial charge in [0.15, 0.2) is 0 Å². The van der Waals surface area contributed by atoms with E-state index in [-0.39, 0.29) is 12.2 Å². The van der Waals surface area contributed by atoms with Crippen LogP contribution in [0.2, 0.25) is 0 Å². The number of aromatic nitrogens is 4. The van der Waals surface area contributed by atoms with Crippen LogP contribution in [0.1, 0.15) is 25.0 Å². The molecule has 5 atom stereocenters. The van der Waals surface area contributed by atoms with Crippen LogP contribution in [0.3, 0.4) is 0 Å².